The number of methoxy groups -OCH3 is 2. The number of benzene rings is 2. The van der Waals surface area contributed by atoms with Crippen molar-refractivity contribution >= 4 is 29.3 Å². The summed E-state index contributed by atoms with van der Waals surface area (Å²) in [5.74, 6) is -4.43. The van der Waals surface area contributed by atoms with Gasteiger partial charge in [-0.25, -0.2) is 0 Å². The molecule has 0 fully saturated rings. The van der Waals surface area contributed by atoms with Gasteiger partial charge in [0, 0.05) is 22.4 Å². The minimum absolute atomic E-state index is 0.183. The first-order valence-corrected chi connectivity index (χ1v) is 9.20. The van der Waals surface area contributed by atoms with Crippen molar-refractivity contribution in [2.45, 2.75) is 19.8 Å². The third-order valence-electron chi connectivity index (χ3n) is 4.81. The van der Waals surface area contributed by atoms with Crippen molar-refractivity contribution in [3.8, 4) is 0 Å². The van der Waals surface area contributed by atoms with E-state index in [-0.39, 0.29) is 5.78 Å². The molecule has 0 radical (unpaired) electrons. The topological polar surface area (TPSA) is 69.7 Å². The van der Waals surface area contributed by atoms with Crippen molar-refractivity contribution in [3.63, 3.8) is 0 Å². The van der Waals surface area contributed by atoms with Crippen LogP contribution in [0.3, 0.4) is 0 Å². The van der Waals surface area contributed by atoms with E-state index in [4.69, 9.17) is 21.1 Å². The van der Waals surface area contributed by atoms with Crippen LogP contribution >= 0.6 is 11.6 Å². The van der Waals surface area contributed by atoms with E-state index in [2.05, 4.69) is 0 Å². The second-order valence-electron chi connectivity index (χ2n) is 6.62. The number of Topliss-reactive ketones (excluding diaryl/α,β-unsaturated/α-hetero) is 1. The zero-order valence-electron chi connectivity index (χ0n) is 16.3. The van der Waals surface area contributed by atoms with Crippen LogP contribution in [-0.4, -0.2) is 31.9 Å². The first-order chi connectivity index (χ1) is 13.3. The number of carbonyl (C=O) groups excluding carboxylic acids is 3. The number of aryl methyl sites for hydroxylation is 1. The van der Waals surface area contributed by atoms with Crippen molar-refractivity contribution < 1.29 is 23.9 Å². The highest BCUT2D eigenvalue weighted by Crippen LogP contribution is 2.36. The molecule has 0 aromatic heterocycles. The van der Waals surface area contributed by atoms with E-state index in [0.717, 1.165) is 5.56 Å². The average Bonchev–Trinajstić information content (AvgIpc) is 2.71. The Bertz CT molecular complexity index is 826. The lowest BCUT2D eigenvalue weighted by Crippen LogP contribution is -2.37. The number of ketones is 1. The van der Waals surface area contributed by atoms with Gasteiger partial charge in [0.25, 0.3) is 0 Å². The molecule has 0 saturated heterocycles. The van der Waals surface area contributed by atoms with Gasteiger partial charge in [-0.3, -0.25) is 14.4 Å². The Morgan fingerprint density at radius 1 is 0.857 bits per heavy atom. The van der Waals surface area contributed by atoms with Crippen LogP contribution in [0.1, 0.15) is 34.3 Å². The highest BCUT2D eigenvalue weighted by molar-refractivity contribution is 6.30. The number of esters is 2. The Morgan fingerprint density at radius 2 is 1.36 bits per heavy atom. The van der Waals surface area contributed by atoms with Crippen molar-refractivity contribution in [3.05, 3.63) is 70.2 Å². The maximum Gasteiger partial charge on any atom is 0.320 e. The fraction of sp³-hybridized carbons (Fsp3) is 0.318. The summed E-state index contributed by atoms with van der Waals surface area (Å²) in [6.07, 6.45) is 0. The summed E-state index contributed by atoms with van der Waals surface area (Å²) in [4.78, 5) is 38.0. The van der Waals surface area contributed by atoms with E-state index < -0.39 is 29.7 Å². The van der Waals surface area contributed by atoms with Gasteiger partial charge >= 0.3 is 11.9 Å². The molecule has 2 aromatic carbocycles. The maximum atomic E-state index is 13.1. The van der Waals surface area contributed by atoms with Gasteiger partial charge < -0.3 is 9.47 Å². The molecule has 6 heteroatoms. The van der Waals surface area contributed by atoms with Crippen LogP contribution in [0.15, 0.2) is 48.5 Å². The molecule has 0 aliphatic rings. The predicted octanol–water partition coefficient (Wildman–Crippen LogP) is 4.21. The second kappa shape index (κ2) is 9.51. The molecule has 0 saturated carbocycles. The number of hydrogen-bond donors (Lipinski definition) is 0. The summed E-state index contributed by atoms with van der Waals surface area (Å²) in [6, 6.07) is 13.9. The molecule has 0 heterocycles. The Balaban J connectivity index is 2.53. The minimum atomic E-state index is -1.28. The Kier molecular flexibility index (Phi) is 7.35. The summed E-state index contributed by atoms with van der Waals surface area (Å²) >= 11 is 5.98. The molecule has 0 spiro atoms. The maximum absolute atomic E-state index is 13.1. The molecule has 2 atom stereocenters. The molecule has 0 amide bonds. The van der Waals surface area contributed by atoms with E-state index in [1.165, 1.54) is 14.2 Å². The Morgan fingerprint density at radius 3 is 1.82 bits per heavy atom. The van der Waals surface area contributed by atoms with E-state index in [1.807, 2.05) is 19.1 Å². The van der Waals surface area contributed by atoms with Gasteiger partial charge in [-0.15, -0.1) is 0 Å². The van der Waals surface area contributed by atoms with Crippen LogP contribution in [0.2, 0.25) is 5.02 Å². The van der Waals surface area contributed by atoms with E-state index >= 15 is 0 Å². The van der Waals surface area contributed by atoms with Gasteiger partial charge in [0.2, 0.25) is 0 Å². The minimum Gasteiger partial charge on any atom is -0.468 e. The molecule has 0 unspecified atom stereocenters. The van der Waals surface area contributed by atoms with E-state index in [0.29, 0.717) is 16.1 Å². The van der Waals surface area contributed by atoms with E-state index in [1.54, 1.807) is 43.3 Å². The summed E-state index contributed by atoms with van der Waals surface area (Å²) in [5, 5.41) is 0.507. The van der Waals surface area contributed by atoms with Crippen molar-refractivity contribution in [2.24, 2.45) is 11.8 Å². The fourth-order valence-corrected chi connectivity index (χ4v) is 3.37. The molecule has 5 nitrogen and oxygen atoms in total. The van der Waals surface area contributed by atoms with Gasteiger partial charge in [0.15, 0.2) is 11.7 Å². The molecular weight excluding hydrogens is 380 g/mol. The molecule has 0 N–H and O–H groups in total. The molecule has 0 aliphatic heterocycles. The van der Waals surface area contributed by atoms with Crippen molar-refractivity contribution in [1.82, 2.24) is 0 Å². The van der Waals surface area contributed by atoms with Gasteiger partial charge in [-0.05, 0) is 24.6 Å². The van der Waals surface area contributed by atoms with Crippen LogP contribution < -0.4 is 0 Å². The first-order valence-electron chi connectivity index (χ1n) is 8.82. The van der Waals surface area contributed by atoms with Crippen LogP contribution in [-0.2, 0) is 19.1 Å². The number of ether oxygens (including phenoxy) is 2. The highest BCUT2D eigenvalue weighted by Gasteiger charge is 2.43. The third-order valence-corrected chi connectivity index (χ3v) is 5.06. The van der Waals surface area contributed by atoms with Crippen molar-refractivity contribution in [1.29, 1.82) is 0 Å². The lowest BCUT2D eigenvalue weighted by atomic mass is 9.74. The second-order valence-corrected chi connectivity index (χ2v) is 7.06. The zero-order valence-corrected chi connectivity index (χ0v) is 17.0. The van der Waals surface area contributed by atoms with Gasteiger partial charge in [-0.1, -0.05) is 60.5 Å². The SMILES string of the molecule is COC(=O)C(C(=O)OC)[C@H](c1ccc(Cl)cc1)[C@@H](C)C(=O)c1ccc(C)cc1. The third kappa shape index (κ3) is 4.78. The molecule has 0 bridgehead atoms. The van der Waals surface area contributed by atoms with Gasteiger partial charge in [-0.2, -0.15) is 0 Å². The van der Waals surface area contributed by atoms with Crippen LogP contribution in [0.25, 0.3) is 0 Å². The smallest absolute Gasteiger partial charge is 0.320 e. The monoisotopic (exact) mass is 402 g/mol. The summed E-state index contributed by atoms with van der Waals surface area (Å²) in [5.41, 5.74) is 2.16. The largest absolute Gasteiger partial charge is 0.468 e. The molecule has 2 aromatic rings. The number of halogens is 1. The number of carbonyl (C=O) groups is 3. The molecular formula is C22H23ClO5. The van der Waals surface area contributed by atoms with Crippen molar-refractivity contribution in [2.75, 3.05) is 14.2 Å². The van der Waals surface area contributed by atoms with Gasteiger partial charge in [0.05, 0.1) is 14.2 Å². The summed E-state index contributed by atoms with van der Waals surface area (Å²) in [7, 11) is 2.40. The fourth-order valence-electron chi connectivity index (χ4n) is 3.24. The quantitative estimate of drug-likeness (QED) is 0.394. The normalized spacial score (nSPS) is 12.9. The Hall–Kier alpha value is -2.66. The Labute approximate surface area is 169 Å². The summed E-state index contributed by atoms with van der Waals surface area (Å²) < 4.78 is 9.67. The average molecular weight is 403 g/mol. The predicted molar refractivity (Wildman–Crippen MR) is 106 cm³/mol. The lowest BCUT2D eigenvalue weighted by molar-refractivity contribution is -0.160. The zero-order chi connectivity index (χ0) is 20.8. The molecule has 28 heavy (non-hydrogen) atoms. The first kappa shape index (κ1) is 21.6. The highest BCUT2D eigenvalue weighted by atomic mass is 35.5. The van der Waals surface area contributed by atoms with Crippen LogP contribution in [0.5, 0.6) is 0 Å². The van der Waals surface area contributed by atoms with Crippen LogP contribution in [0.4, 0.5) is 0 Å². The van der Waals surface area contributed by atoms with Crippen LogP contribution in [0, 0.1) is 18.8 Å². The molecule has 0 aliphatic carbocycles. The summed E-state index contributed by atoms with van der Waals surface area (Å²) in [6.45, 7) is 3.62. The molecule has 2 rings (SSSR count). The number of hydrogen-bond acceptors (Lipinski definition) is 5. The molecule has 148 valence electrons. The lowest BCUT2D eigenvalue weighted by Gasteiger charge is -2.28. The number of rotatable bonds is 7. The van der Waals surface area contributed by atoms with Gasteiger partial charge in [0.1, 0.15) is 0 Å². The van der Waals surface area contributed by atoms with E-state index in [9.17, 15) is 14.4 Å². The standard InChI is InChI=1S/C22H23ClO5/c1-13-5-7-16(8-6-13)20(24)14(2)18(15-9-11-17(23)12-10-15)19(21(25)27-3)22(26)28-4/h5-12,14,18-19H,1-4H3/t14-,18+/m1/s1.